The van der Waals surface area contributed by atoms with Gasteiger partial charge in [-0.1, -0.05) is 13.8 Å². The van der Waals surface area contributed by atoms with Gasteiger partial charge in [-0.15, -0.1) is 0 Å². The summed E-state index contributed by atoms with van der Waals surface area (Å²) in [6, 6.07) is -0.0730. The smallest absolute Gasteiger partial charge is 0.306 e. The molecule has 6 heteroatoms. The van der Waals surface area contributed by atoms with Gasteiger partial charge in [0.1, 0.15) is 5.54 Å². The van der Waals surface area contributed by atoms with E-state index in [4.69, 9.17) is 15.6 Å². The number of carbonyl (C=O) groups excluding carboxylic acids is 1. The molecule has 0 spiro atoms. The number of amides is 1. The van der Waals surface area contributed by atoms with E-state index < -0.39 is 11.5 Å². The molecule has 6 nitrogen and oxygen atoms in total. The van der Waals surface area contributed by atoms with Crippen molar-refractivity contribution in [3.63, 3.8) is 0 Å². The van der Waals surface area contributed by atoms with Crippen LogP contribution in [0, 0.1) is 17.3 Å². The molecule has 0 aromatic carbocycles. The molecule has 1 heterocycles. The Balaban J connectivity index is 1.67. The molecule has 0 bridgehead atoms. The molecule has 4 N–H and O–H groups in total. The van der Waals surface area contributed by atoms with Gasteiger partial charge in [-0.3, -0.25) is 9.59 Å². The minimum Gasteiger partial charge on any atom is -0.481 e. The van der Waals surface area contributed by atoms with E-state index in [1.165, 1.54) is 0 Å². The maximum absolute atomic E-state index is 12.7. The highest BCUT2D eigenvalue weighted by molar-refractivity contribution is 5.90. The fourth-order valence-electron chi connectivity index (χ4n) is 4.49. The first-order chi connectivity index (χ1) is 9.78. The number of rotatable bonds is 3. The van der Waals surface area contributed by atoms with Gasteiger partial charge in [-0.2, -0.15) is 0 Å². The van der Waals surface area contributed by atoms with E-state index in [1.807, 2.05) is 13.8 Å². The predicted octanol–water partition coefficient (Wildman–Crippen LogP) is 0.498. The second-order valence-electron chi connectivity index (χ2n) is 7.30. The predicted molar refractivity (Wildman–Crippen MR) is 75.5 cm³/mol. The summed E-state index contributed by atoms with van der Waals surface area (Å²) in [5.41, 5.74) is 5.18. The Kier molecular flexibility index (Phi) is 3.29. The van der Waals surface area contributed by atoms with Crippen LogP contribution in [0.25, 0.3) is 0 Å². The lowest BCUT2D eigenvalue weighted by Gasteiger charge is -2.60. The van der Waals surface area contributed by atoms with Crippen LogP contribution >= 0.6 is 0 Å². The first-order valence-electron chi connectivity index (χ1n) is 7.72. The minimum absolute atomic E-state index is 0.0589. The van der Waals surface area contributed by atoms with Crippen molar-refractivity contribution in [3.05, 3.63) is 0 Å². The molecular formula is C15H24N2O4. The number of nitrogens with one attached hydrogen (secondary N) is 1. The van der Waals surface area contributed by atoms with Crippen LogP contribution in [0.4, 0.5) is 0 Å². The lowest BCUT2D eigenvalue weighted by Crippen LogP contribution is -2.80. The van der Waals surface area contributed by atoms with Crippen molar-refractivity contribution in [2.45, 2.75) is 57.2 Å². The first-order valence-corrected chi connectivity index (χ1v) is 7.72. The Labute approximate surface area is 124 Å². The molecule has 21 heavy (non-hydrogen) atoms. The summed E-state index contributed by atoms with van der Waals surface area (Å²) in [6.07, 6.45) is 2.71. The molecule has 0 aromatic heterocycles. The van der Waals surface area contributed by atoms with Crippen LogP contribution < -0.4 is 11.1 Å². The Morgan fingerprint density at radius 1 is 1.29 bits per heavy atom. The summed E-state index contributed by atoms with van der Waals surface area (Å²) in [7, 11) is 0. The minimum atomic E-state index is -0.907. The van der Waals surface area contributed by atoms with Crippen molar-refractivity contribution in [1.29, 1.82) is 0 Å². The molecule has 1 amide bonds. The van der Waals surface area contributed by atoms with Gasteiger partial charge in [-0.25, -0.2) is 0 Å². The van der Waals surface area contributed by atoms with Crippen molar-refractivity contribution in [1.82, 2.24) is 5.32 Å². The first kappa shape index (κ1) is 14.8. The van der Waals surface area contributed by atoms with Crippen LogP contribution in [-0.2, 0) is 14.3 Å². The van der Waals surface area contributed by atoms with Gasteiger partial charge >= 0.3 is 5.97 Å². The van der Waals surface area contributed by atoms with Gasteiger partial charge in [0.25, 0.3) is 0 Å². The molecule has 3 aliphatic rings. The monoisotopic (exact) mass is 296 g/mol. The molecule has 1 saturated heterocycles. The Hall–Kier alpha value is -1.14. The third-order valence-electron chi connectivity index (χ3n) is 5.95. The summed E-state index contributed by atoms with van der Waals surface area (Å²) in [6.45, 7) is 4.62. The van der Waals surface area contributed by atoms with Gasteiger partial charge < -0.3 is 20.9 Å². The number of carboxylic acid groups (broad SMARTS) is 1. The average Bonchev–Trinajstić information content (AvgIpc) is 3.05. The molecule has 5 atom stereocenters. The van der Waals surface area contributed by atoms with Crippen molar-refractivity contribution in [2.75, 3.05) is 6.61 Å². The van der Waals surface area contributed by atoms with Crippen LogP contribution in [0.5, 0.6) is 0 Å². The highest BCUT2D eigenvalue weighted by Gasteiger charge is 2.71. The molecular weight excluding hydrogens is 272 g/mol. The number of aliphatic carboxylic acids is 1. The standard InChI is InChI=1S/C15H24N2O4/c1-14(2)11-10(5-6-21-11)15(14,16)13(20)17-9-4-3-8(7-9)12(18)19/h8-11H,3-7,16H2,1-2H3,(H,17,20)(H,18,19)/t8-,9+,10?,11?,15?/m1/s1. The Morgan fingerprint density at radius 2 is 2.00 bits per heavy atom. The van der Waals surface area contributed by atoms with Crippen LogP contribution in [0.15, 0.2) is 0 Å². The third-order valence-corrected chi connectivity index (χ3v) is 5.95. The number of fused-ring (bicyclic) bond motifs is 1. The van der Waals surface area contributed by atoms with Crippen LogP contribution in [-0.4, -0.2) is 41.3 Å². The number of hydrogen-bond donors (Lipinski definition) is 3. The van der Waals surface area contributed by atoms with Gasteiger partial charge in [0.2, 0.25) is 5.91 Å². The maximum atomic E-state index is 12.7. The number of carbonyl (C=O) groups is 2. The molecule has 2 aliphatic carbocycles. The van der Waals surface area contributed by atoms with E-state index in [0.717, 1.165) is 6.42 Å². The SMILES string of the molecule is CC1(C)C2OCCC2C1(N)C(=O)N[C@H]1CC[C@@H](C(=O)O)C1. The molecule has 3 fully saturated rings. The number of carboxylic acids is 1. The Morgan fingerprint density at radius 3 is 2.62 bits per heavy atom. The summed E-state index contributed by atoms with van der Waals surface area (Å²) in [5.74, 6) is -1.19. The summed E-state index contributed by atoms with van der Waals surface area (Å²) < 4.78 is 5.69. The molecule has 0 aromatic rings. The van der Waals surface area contributed by atoms with E-state index in [1.54, 1.807) is 0 Å². The van der Waals surface area contributed by atoms with Crippen LogP contribution in [0.3, 0.4) is 0 Å². The Bertz CT molecular complexity index is 478. The topological polar surface area (TPSA) is 102 Å². The zero-order valence-corrected chi connectivity index (χ0v) is 12.6. The highest BCUT2D eigenvalue weighted by Crippen LogP contribution is 2.58. The number of nitrogens with two attached hydrogens (primary N) is 1. The fourth-order valence-corrected chi connectivity index (χ4v) is 4.49. The molecule has 0 radical (unpaired) electrons. The van der Waals surface area contributed by atoms with E-state index in [0.29, 0.717) is 25.9 Å². The van der Waals surface area contributed by atoms with Gasteiger partial charge in [-0.05, 0) is 25.7 Å². The molecule has 1 aliphatic heterocycles. The maximum Gasteiger partial charge on any atom is 0.306 e. The highest BCUT2D eigenvalue weighted by atomic mass is 16.5. The van der Waals surface area contributed by atoms with E-state index in [9.17, 15) is 9.59 Å². The molecule has 3 rings (SSSR count). The summed E-state index contributed by atoms with van der Waals surface area (Å²) >= 11 is 0. The molecule has 3 unspecified atom stereocenters. The van der Waals surface area contributed by atoms with E-state index in [2.05, 4.69) is 5.32 Å². The van der Waals surface area contributed by atoms with Gasteiger partial charge in [0.15, 0.2) is 0 Å². The largest absolute Gasteiger partial charge is 0.481 e. The van der Waals surface area contributed by atoms with Crippen LogP contribution in [0.2, 0.25) is 0 Å². The summed E-state index contributed by atoms with van der Waals surface area (Å²) in [4.78, 5) is 23.7. The van der Waals surface area contributed by atoms with Crippen molar-refractivity contribution < 1.29 is 19.4 Å². The molecule has 2 saturated carbocycles. The van der Waals surface area contributed by atoms with E-state index >= 15 is 0 Å². The quantitative estimate of drug-likeness (QED) is 0.704. The lowest BCUT2D eigenvalue weighted by atomic mass is 9.48. The zero-order chi connectivity index (χ0) is 15.4. The second-order valence-corrected chi connectivity index (χ2v) is 7.30. The van der Waals surface area contributed by atoms with Gasteiger partial charge in [0, 0.05) is 24.0 Å². The summed E-state index contributed by atoms with van der Waals surface area (Å²) in [5, 5.41) is 12.0. The van der Waals surface area contributed by atoms with Crippen molar-refractivity contribution >= 4 is 11.9 Å². The van der Waals surface area contributed by atoms with Gasteiger partial charge in [0.05, 0.1) is 12.0 Å². The second kappa shape index (κ2) is 4.68. The average molecular weight is 296 g/mol. The van der Waals surface area contributed by atoms with Crippen molar-refractivity contribution in [2.24, 2.45) is 23.0 Å². The van der Waals surface area contributed by atoms with E-state index in [-0.39, 0.29) is 35.3 Å². The fraction of sp³-hybridized carbons (Fsp3) is 0.867. The number of ether oxygens (including phenoxy) is 1. The number of hydrogen-bond acceptors (Lipinski definition) is 4. The van der Waals surface area contributed by atoms with Crippen molar-refractivity contribution in [3.8, 4) is 0 Å². The third kappa shape index (κ3) is 1.92. The van der Waals surface area contributed by atoms with Crippen LogP contribution in [0.1, 0.15) is 39.5 Å². The lowest BCUT2D eigenvalue weighted by molar-refractivity contribution is -0.176. The normalized spacial score (nSPS) is 44.0. The molecule has 118 valence electrons. The zero-order valence-electron chi connectivity index (χ0n) is 12.6.